The summed E-state index contributed by atoms with van der Waals surface area (Å²) in [6, 6.07) is 1.16. The summed E-state index contributed by atoms with van der Waals surface area (Å²) in [5.74, 6) is 0. The van der Waals surface area contributed by atoms with Gasteiger partial charge in [-0.3, -0.25) is 0 Å². The van der Waals surface area contributed by atoms with Crippen LogP contribution in [0.15, 0.2) is 0 Å². The van der Waals surface area contributed by atoms with Gasteiger partial charge < -0.3 is 15.5 Å². The van der Waals surface area contributed by atoms with Crippen LogP contribution in [0, 0.1) is 0 Å². The molecule has 0 aromatic carbocycles. The van der Waals surface area contributed by atoms with Crippen molar-refractivity contribution >= 4 is 17.3 Å². The average Bonchev–Trinajstić information content (AvgIpc) is 2.83. The molecule has 4 heteroatoms. The maximum absolute atomic E-state index is 5.13. The molecule has 0 bridgehead atoms. The third-order valence-electron chi connectivity index (χ3n) is 2.35. The van der Waals surface area contributed by atoms with Crippen molar-refractivity contribution in [2.24, 2.45) is 0 Å². The molecule has 0 spiro atoms. The first-order chi connectivity index (χ1) is 6.09. The summed E-state index contributed by atoms with van der Waals surface area (Å²) in [6.45, 7) is 3.08. The van der Waals surface area contributed by atoms with E-state index >= 15 is 0 Å². The summed E-state index contributed by atoms with van der Waals surface area (Å²) in [4.78, 5) is 2.17. The highest BCUT2D eigenvalue weighted by atomic mass is 32.1. The van der Waals surface area contributed by atoms with E-state index in [9.17, 15) is 0 Å². The van der Waals surface area contributed by atoms with Crippen LogP contribution < -0.4 is 10.6 Å². The maximum atomic E-state index is 5.13. The van der Waals surface area contributed by atoms with Gasteiger partial charge in [-0.25, -0.2) is 0 Å². The van der Waals surface area contributed by atoms with Gasteiger partial charge in [0.05, 0.1) is 0 Å². The molecular weight excluding hydrogens is 182 g/mol. The SMILES string of the molecule is CC(CNC(=S)NC1CC1)N(C)C. The zero-order valence-corrected chi connectivity index (χ0v) is 9.45. The van der Waals surface area contributed by atoms with E-state index in [0.29, 0.717) is 12.1 Å². The molecule has 1 aliphatic rings. The van der Waals surface area contributed by atoms with Crippen LogP contribution in [0.5, 0.6) is 0 Å². The van der Waals surface area contributed by atoms with Gasteiger partial charge in [-0.1, -0.05) is 0 Å². The summed E-state index contributed by atoms with van der Waals surface area (Å²) in [5.41, 5.74) is 0. The normalized spacial score (nSPS) is 18.5. The Morgan fingerprint density at radius 1 is 1.54 bits per heavy atom. The third-order valence-corrected chi connectivity index (χ3v) is 2.61. The van der Waals surface area contributed by atoms with E-state index in [2.05, 4.69) is 36.6 Å². The smallest absolute Gasteiger partial charge is 0.166 e. The van der Waals surface area contributed by atoms with E-state index in [1.807, 2.05) is 0 Å². The summed E-state index contributed by atoms with van der Waals surface area (Å²) >= 11 is 5.13. The lowest BCUT2D eigenvalue weighted by molar-refractivity contribution is 0.313. The molecule has 2 N–H and O–H groups in total. The fourth-order valence-electron chi connectivity index (χ4n) is 0.887. The van der Waals surface area contributed by atoms with Gasteiger partial charge >= 0.3 is 0 Å². The molecular formula is C9H19N3S. The number of nitrogens with zero attached hydrogens (tertiary/aromatic N) is 1. The predicted octanol–water partition coefficient (Wildman–Crippen LogP) is 0.563. The Hall–Kier alpha value is -0.350. The zero-order valence-electron chi connectivity index (χ0n) is 8.63. The Morgan fingerprint density at radius 3 is 2.62 bits per heavy atom. The first-order valence-electron chi connectivity index (χ1n) is 4.80. The lowest BCUT2D eigenvalue weighted by atomic mass is 10.3. The van der Waals surface area contributed by atoms with Crippen molar-refractivity contribution in [3.8, 4) is 0 Å². The minimum atomic E-state index is 0.513. The van der Waals surface area contributed by atoms with Gasteiger partial charge in [-0.15, -0.1) is 0 Å². The van der Waals surface area contributed by atoms with Gasteiger partial charge in [0.2, 0.25) is 0 Å². The molecule has 0 amide bonds. The Labute approximate surface area is 85.9 Å². The minimum Gasteiger partial charge on any atom is -0.361 e. The van der Waals surface area contributed by atoms with Gasteiger partial charge in [0, 0.05) is 18.6 Å². The predicted molar refractivity (Wildman–Crippen MR) is 59.9 cm³/mol. The first-order valence-corrected chi connectivity index (χ1v) is 5.21. The van der Waals surface area contributed by atoms with Crippen LogP contribution in [0.25, 0.3) is 0 Å². The minimum absolute atomic E-state index is 0.513. The van der Waals surface area contributed by atoms with Gasteiger partial charge in [0.25, 0.3) is 0 Å². The van der Waals surface area contributed by atoms with E-state index in [4.69, 9.17) is 12.2 Å². The summed E-state index contributed by atoms with van der Waals surface area (Å²) < 4.78 is 0. The Bertz CT molecular complexity index is 178. The molecule has 13 heavy (non-hydrogen) atoms. The second-order valence-corrected chi connectivity index (χ2v) is 4.35. The molecule has 0 aromatic heterocycles. The molecule has 0 radical (unpaired) electrons. The molecule has 1 aliphatic carbocycles. The van der Waals surface area contributed by atoms with Crippen LogP contribution in [-0.4, -0.2) is 42.7 Å². The van der Waals surface area contributed by atoms with Crippen LogP contribution in [0.4, 0.5) is 0 Å². The maximum Gasteiger partial charge on any atom is 0.166 e. The molecule has 1 rings (SSSR count). The highest BCUT2D eigenvalue weighted by Gasteiger charge is 2.21. The summed E-state index contributed by atoms with van der Waals surface area (Å²) in [7, 11) is 4.15. The lowest BCUT2D eigenvalue weighted by Gasteiger charge is -2.21. The first kappa shape index (κ1) is 10.7. The molecule has 0 heterocycles. The second kappa shape index (κ2) is 4.77. The molecule has 0 saturated heterocycles. The van der Waals surface area contributed by atoms with E-state index in [0.717, 1.165) is 11.7 Å². The van der Waals surface area contributed by atoms with Crippen LogP contribution in [-0.2, 0) is 0 Å². The van der Waals surface area contributed by atoms with Crippen molar-refractivity contribution < 1.29 is 0 Å². The van der Waals surface area contributed by atoms with Crippen molar-refractivity contribution in [1.29, 1.82) is 0 Å². The average molecular weight is 201 g/mol. The summed E-state index contributed by atoms with van der Waals surface area (Å²) in [6.07, 6.45) is 2.54. The molecule has 76 valence electrons. The van der Waals surface area contributed by atoms with Gasteiger partial charge in [-0.05, 0) is 46.1 Å². The number of hydrogen-bond acceptors (Lipinski definition) is 2. The van der Waals surface area contributed by atoms with E-state index in [1.54, 1.807) is 0 Å². The summed E-state index contributed by atoms with van der Waals surface area (Å²) in [5, 5.41) is 7.27. The topological polar surface area (TPSA) is 27.3 Å². The number of rotatable bonds is 4. The van der Waals surface area contributed by atoms with Gasteiger partial charge in [-0.2, -0.15) is 0 Å². The van der Waals surface area contributed by atoms with Gasteiger partial charge in [0.1, 0.15) is 0 Å². The van der Waals surface area contributed by atoms with E-state index in [1.165, 1.54) is 12.8 Å². The van der Waals surface area contributed by atoms with Crippen LogP contribution in [0.2, 0.25) is 0 Å². The highest BCUT2D eigenvalue weighted by Crippen LogP contribution is 2.18. The number of thiocarbonyl (C=S) groups is 1. The Morgan fingerprint density at radius 2 is 2.15 bits per heavy atom. The fraction of sp³-hybridized carbons (Fsp3) is 0.889. The largest absolute Gasteiger partial charge is 0.361 e. The van der Waals surface area contributed by atoms with Crippen LogP contribution in [0.3, 0.4) is 0 Å². The van der Waals surface area contributed by atoms with Crippen molar-refractivity contribution in [2.75, 3.05) is 20.6 Å². The van der Waals surface area contributed by atoms with Crippen molar-refractivity contribution in [1.82, 2.24) is 15.5 Å². The van der Waals surface area contributed by atoms with Crippen molar-refractivity contribution in [3.05, 3.63) is 0 Å². The Balaban J connectivity index is 2.06. The number of nitrogens with one attached hydrogen (secondary N) is 2. The molecule has 1 atom stereocenters. The fourth-order valence-corrected chi connectivity index (χ4v) is 1.14. The van der Waals surface area contributed by atoms with E-state index < -0.39 is 0 Å². The van der Waals surface area contributed by atoms with Gasteiger partial charge in [0.15, 0.2) is 5.11 Å². The quantitative estimate of drug-likeness (QED) is 0.650. The lowest BCUT2D eigenvalue weighted by Crippen LogP contribution is -2.43. The zero-order chi connectivity index (χ0) is 9.84. The standard InChI is InChI=1S/C9H19N3S/c1-7(12(2)3)6-10-9(13)11-8-4-5-8/h7-8H,4-6H2,1-3H3,(H2,10,11,13). The number of likely N-dealkylation sites (N-methyl/N-ethyl adjacent to an activating group) is 1. The van der Waals surface area contributed by atoms with Crippen molar-refractivity contribution in [2.45, 2.75) is 31.8 Å². The molecule has 0 aromatic rings. The number of hydrogen-bond donors (Lipinski definition) is 2. The van der Waals surface area contributed by atoms with Crippen molar-refractivity contribution in [3.63, 3.8) is 0 Å². The molecule has 1 fully saturated rings. The molecule has 0 aliphatic heterocycles. The highest BCUT2D eigenvalue weighted by molar-refractivity contribution is 7.80. The third kappa shape index (κ3) is 4.43. The molecule has 1 unspecified atom stereocenters. The second-order valence-electron chi connectivity index (χ2n) is 3.94. The Kier molecular flexibility index (Phi) is 3.93. The van der Waals surface area contributed by atoms with Crippen LogP contribution in [0.1, 0.15) is 19.8 Å². The van der Waals surface area contributed by atoms with E-state index in [-0.39, 0.29) is 0 Å². The van der Waals surface area contributed by atoms with Crippen LogP contribution >= 0.6 is 12.2 Å². The molecule has 1 saturated carbocycles. The molecule has 3 nitrogen and oxygen atoms in total. The monoisotopic (exact) mass is 201 g/mol.